The molecule has 0 spiro atoms. The lowest BCUT2D eigenvalue weighted by molar-refractivity contribution is -0.145. The van der Waals surface area contributed by atoms with Crippen molar-refractivity contribution >= 4 is 5.97 Å². The zero-order chi connectivity index (χ0) is 10.1. The first-order valence-electron chi connectivity index (χ1n) is 4.44. The predicted octanol–water partition coefficient (Wildman–Crippen LogP) is 1.92. The second kappa shape index (κ2) is 7.80. The van der Waals surface area contributed by atoms with Crippen LogP contribution < -0.4 is 0 Å². The van der Waals surface area contributed by atoms with E-state index in [2.05, 4.69) is 24.7 Å². The van der Waals surface area contributed by atoms with E-state index in [0.717, 1.165) is 12.8 Å². The lowest BCUT2D eigenvalue weighted by Crippen LogP contribution is -2.10. The number of allylic oxidation sites excluding steroid dienone is 2. The third-order valence-electron chi connectivity index (χ3n) is 1.49. The Labute approximate surface area is 79.7 Å². The number of rotatable bonds is 6. The fourth-order valence-corrected chi connectivity index (χ4v) is 0.791. The Hall–Kier alpha value is -0.830. The largest absolute Gasteiger partial charge is 0.467 e. The van der Waals surface area contributed by atoms with E-state index in [1.54, 1.807) is 0 Å². The van der Waals surface area contributed by atoms with Crippen LogP contribution in [0, 0.1) is 0 Å². The van der Waals surface area contributed by atoms with Crippen LogP contribution in [-0.2, 0) is 14.3 Å². The van der Waals surface area contributed by atoms with Crippen molar-refractivity contribution in [1.29, 1.82) is 0 Å². The number of esters is 1. The van der Waals surface area contributed by atoms with E-state index in [9.17, 15) is 4.79 Å². The first-order chi connectivity index (χ1) is 6.16. The molecule has 0 aliphatic rings. The van der Waals surface area contributed by atoms with Crippen molar-refractivity contribution in [3.63, 3.8) is 0 Å². The fourth-order valence-electron chi connectivity index (χ4n) is 0.791. The molecule has 0 heterocycles. The number of carbonyl (C=O) groups excluding carboxylic acids is 1. The maximum Gasteiger partial charge on any atom is 0.331 e. The second-order valence-corrected chi connectivity index (χ2v) is 3.05. The van der Waals surface area contributed by atoms with Gasteiger partial charge in [0.15, 0.2) is 0 Å². The minimum absolute atomic E-state index is 0.0608. The van der Waals surface area contributed by atoms with Gasteiger partial charge in [-0.2, -0.15) is 0 Å². The molecule has 0 aliphatic carbocycles. The number of methoxy groups -OCH3 is 1. The average molecular weight is 186 g/mol. The van der Waals surface area contributed by atoms with Crippen molar-refractivity contribution in [3.8, 4) is 0 Å². The van der Waals surface area contributed by atoms with Crippen molar-refractivity contribution in [2.24, 2.45) is 0 Å². The van der Waals surface area contributed by atoms with Crippen molar-refractivity contribution < 1.29 is 14.3 Å². The van der Waals surface area contributed by atoms with Crippen LogP contribution in [0.4, 0.5) is 0 Å². The van der Waals surface area contributed by atoms with Crippen LogP contribution in [-0.4, -0.2) is 26.3 Å². The van der Waals surface area contributed by atoms with Crippen LogP contribution in [0.2, 0.25) is 0 Å². The number of carbonyl (C=O) groups is 1. The SMILES string of the molecule is COC(=O)COCCCC=C(C)C. The molecule has 0 unspecified atom stereocenters. The van der Waals surface area contributed by atoms with Crippen molar-refractivity contribution in [3.05, 3.63) is 11.6 Å². The molecule has 0 amide bonds. The quantitative estimate of drug-likeness (QED) is 0.361. The molecule has 0 saturated heterocycles. The summed E-state index contributed by atoms with van der Waals surface area (Å²) in [6, 6.07) is 0. The molecule has 0 aromatic carbocycles. The highest BCUT2D eigenvalue weighted by Crippen LogP contribution is 1.97. The van der Waals surface area contributed by atoms with Crippen molar-refractivity contribution in [1.82, 2.24) is 0 Å². The number of hydrogen-bond donors (Lipinski definition) is 0. The van der Waals surface area contributed by atoms with Crippen molar-refractivity contribution in [2.75, 3.05) is 20.3 Å². The van der Waals surface area contributed by atoms with E-state index in [1.165, 1.54) is 12.7 Å². The van der Waals surface area contributed by atoms with Gasteiger partial charge in [0.25, 0.3) is 0 Å². The summed E-state index contributed by atoms with van der Waals surface area (Å²) in [5, 5.41) is 0. The van der Waals surface area contributed by atoms with Gasteiger partial charge in [-0.3, -0.25) is 0 Å². The summed E-state index contributed by atoms with van der Waals surface area (Å²) in [5.41, 5.74) is 1.31. The summed E-state index contributed by atoms with van der Waals surface area (Å²) in [5.74, 6) is -0.317. The van der Waals surface area contributed by atoms with Crippen LogP contribution >= 0.6 is 0 Å². The highest BCUT2D eigenvalue weighted by atomic mass is 16.6. The van der Waals surface area contributed by atoms with Gasteiger partial charge < -0.3 is 9.47 Å². The smallest absolute Gasteiger partial charge is 0.331 e. The summed E-state index contributed by atoms with van der Waals surface area (Å²) >= 11 is 0. The maximum absolute atomic E-state index is 10.6. The molecule has 0 aromatic rings. The molecule has 0 aromatic heterocycles. The van der Waals surface area contributed by atoms with Gasteiger partial charge in [0.05, 0.1) is 7.11 Å². The van der Waals surface area contributed by atoms with Gasteiger partial charge in [-0.05, 0) is 26.7 Å². The molecule has 3 heteroatoms. The van der Waals surface area contributed by atoms with Gasteiger partial charge in [-0.15, -0.1) is 0 Å². The van der Waals surface area contributed by atoms with Crippen LogP contribution in [0.5, 0.6) is 0 Å². The van der Waals surface area contributed by atoms with Gasteiger partial charge in [-0.25, -0.2) is 4.79 Å². The van der Waals surface area contributed by atoms with Gasteiger partial charge in [0, 0.05) is 6.61 Å². The molecular formula is C10H18O3. The Morgan fingerprint density at radius 3 is 2.62 bits per heavy atom. The molecule has 0 fully saturated rings. The van der Waals surface area contributed by atoms with Crippen molar-refractivity contribution in [2.45, 2.75) is 26.7 Å². The highest BCUT2D eigenvalue weighted by Gasteiger charge is 1.97. The van der Waals surface area contributed by atoms with Crippen LogP contribution in [0.3, 0.4) is 0 Å². The summed E-state index contributed by atoms with van der Waals surface area (Å²) in [7, 11) is 1.36. The Balaban J connectivity index is 3.18. The van der Waals surface area contributed by atoms with Crippen LogP contribution in [0.25, 0.3) is 0 Å². The molecule has 0 saturated carbocycles. The van der Waals surface area contributed by atoms with Gasteiger partial charge in [-0.1, -0.05) is 11.6 Å². The molecule has 0 aliphatic heterocycles. The van der Waals surface area contributed by atoms with Crippen LogP contribution in [0.15, 0.2) is 11.6 Å². The third kappa shape index (κ3) is 9.08. The highest BCUT2D eigenvalue weighted by molar-refractivity contribution is 5.70. The first-order valence-corrected chi connectivity index (χ1v) is 4.44. The summed E-state index contributed by atoms with van der Waals surface area (Å²) in [6.07, 6.45) is 4.10. The Morgan fingerprint density at radius 1 is 1.38 bits per heavy atom. The first kappa shape index (κ1) is 12.2. The summed E-state index contributed by atoms with van der Waals surface area (Å²) < 4.78 is 9.48. The van der Waals surface area contributed by atoms with E-state index < -0.39 is 0 Å². The third-order valence-corrected chi connectivity index (χ3v) is 1.49. The molecule has 13 heavy (non-hydrogen) atoms. The molecule has 0 bridgehead atoms. The lowest BCUT2D eigenvalue weighted by Gasteiger charge is -2.00. The zero-order valence-electron chi connectivity index (χ0n) is 8.63. The lowest BCUT2D eigenvalue weighted by atomic mass is 10.2. The fraction of sp³-hybridized carbons (Fsp3) is 0.700. The molecule has 3 nitrogen and oxygen atoms in total. The number of unbranched alkanes of at least 4 members (excludes halogenated alkanes) is 1. The average Bonchev–Trinajstić information content (AvgIpc) is 2.10. The molecule has 0 radical (unpaired) electrons. The minimum Gasteiger partial charge on any atom is -0.467 e. The molecular weight excluding hydrogens is 168 g/mol. The molecule has 0 atom stereocenters. The van der Waals surface area contributed by atoms with Crippen LogP contribution in [0.1, 0.15) is 26.7 Å². The Bertz CT molecular complexity index is 169. The summed E-state index contributed by atoms with van der Waals surface area (Å²) in [4.78, 5) is 10.6. The molecule has 0 N–H and O–H groups in total. The standard InChI is InChI=1S/C10H18O3/c1-9(2)6-4-5-7-13-8-10(11)12-3/h6H,4-5,7-8H2,1-3H3. The van der Waals surface area contributed by atoms with E-state index in [0.29, 0.717) is 6.61 Å². The topological polar surface area (TPSA) is 35.5 Å². The van der Waals surface area contributed by atoms with E-state index in [-0.39, 0.29) is 12.6 Å². The number of ether oxygens (including phenoxy) is 2. The van der Waals surface area contributed by atoms with E-state index in [1.807, 2.05) is 0 Å². The van der Waals surface area contributed by atoms with Gasteiger partial charge in [0.2, 0.25) is 0 Å². The Kier molecular flexibility index (Phi) is 7.30. The second-order valence-electron chi connectivity index (χ2n) is 3.05. The van der Waals surface area contributed by atoms with E-state index >= 15 is 0 Å². The maximum atomic E-state index is 10.6. The predicted molar refractivity (Wildman–Crippen MR) is 51.5 cm³/mol. The normalized spacial score (nSPS) is 9.46. The number of hydrogen-bond acceptors (Lipinski definition) is 3. The summed E-state index contributed by atoms with van der Waals surface area (Å²) in [6.45, 7) is 4.80. The Morgan fingerprint density at radius 2 is 2.08 bits per heavy atom. The van der Waals surface area contributed by atoms with Gasteiger partial charge >= 0.3 is 5.97 Å². The van der Waals surface area contributed by atoms with Gasteiger partial charge in [0.1, 0.15) is 6.61 Å². The van der Waals surface area contributed by atoms with E-state index in [4.69, 9.17) is 4.74 Å². The molecule has 76 valence electrons. The minimum atomic E-state index is -0.317. The monoisotopic (exact) mass is 186 g/mol. The zero-order valence-corrected chi connectivity index (χ0v) is 8.63. The molecule has 0 rings (SSSR count).